The van der Waals surface area contributed by atoms with Gasteiger partial charge < -0.3 is 5.32 Å². The molecular weight excluding hydrogens is 1320 g/mol. The summed E-state index contributed by atoms with van der Waals surface area (Å²) in [5.41, 5.74) is 4.49. The summed E-state index contributed by atoms with van der Waals surface area (Å²) in [6.07, 6.45) is 19.4. The fourth-order valence-corrected chi connectivity index (χ4v) is 23.7. The molecule has 12 heterocycles. The predicted octanol–water partition coefficient (Wildman–Crippen LogP) is 22.4. The van der Waals surface area contributed by atoms with Gasteiger partial charge in [0.05, 0.1) is 49.8 Å². The zero-order valence-electron chi connectivity index (χ0n) is 46.7. The van der Waals surface area contributed by atoms with Crippen LogP contribution in [-0.2, 0) is 22.4 Å². The van der Waals surface area contributed by atoms with Crippen LogP contribution in [-0.4, -0.2) is 52.3 Å². The summed E-state index contributed by atoms with van der Waals surface area (Å²) in [4.78, 5) is 65.4. The second-order valence-corrected chi connectivity index (χ2v) is 35.0. The van der Waals surface area contributed by atoms with Gasteiger partial charge in [-0.3, -0.25) is 14.5 Å². The normalized spacial score (nSPS) is 15.6. The standard InChI is InChI=1S/C63H54N6O2S14/c1-6-10-12-32(8-3)26-34-14-16-42(74-34)50-52-54(84-59(66-52)46-24-20-40(80-46)38-18-22-44(78-38)57-64-30-36(76-57)28-48-56(70)68-62(72)82-48)51(43-17-15-35(75-43)27-33(9-4)13-11-7-2)53-55(50)85-60(67-53)47-25-21-41(81-47)39-19-23-45(79-39)58-65-31-37(77-58)29-49-61(71)69(5)63(73)83-49/h14-25,28-33H,6-13,26-27H2,1-5H3,(H,68,70,72)/b48-28-,49-29-. The highest BCUT2D eigenvalue weighted by Gasteiger charge is 2.31. The van der Waals surface area contributed by atoms with Crippen molar-refractivity contribution in [2.45, 2.75) is 91.9 Å². The molecule has 0 aliphatic carbocycles. The summed E-state index contributed by atoms with van der Waals surface area (Å²) in [5, 5.41) is 6.59. The Hall–Kier alpha value is -4.24. The number of rotatable bonds is 22. The first kappa shape index (κ1) is 59.7. The monoisotopic (exact) mass is 1370 g/mol. The van der Waals surface area contributed by atoms with Crippen LogP contribution in [0.5, 0.6) is 0 Å². The van der Waals surface area contributed by atoms with Crippen molar-refractivity contribution in [2.24, 2.45) is 11.8 Å². The van der Waals surface area contributed by atoms with E-state index in [1.54, 1.807) is 75.1 Å². The third kappa shape index (κ3) is 12.6. The van der Waals surface area contributed by atoms with Crippen molar-refractivity contribution in [3.05, 3.63) is 115 Å². The maximum Gasteiger partial charge on any atom is 0.265 e. The lowest BCUT2D eigenvalue weighted by molar-refractivity contribution is -0.121. The minimum Gasteiger partial charge on any atom is -0.307 e. The van der Waals surface area contributed by atoms with Gasteiger partial charge in [-0.25, -0.2) is 19.9 Å². The SMILES string of the molecule is CCCCC(CC)Cc1ccc(-c2c3nc(-c4ccc(-c5ccc(-c6ncc(/C=C7\SC(=S)N(C)C7=O)s6)s5)s4)sc3c(-c3ccc(CC(CC)CCCC)s3)c3nc(-c4ccc(-c5ccc(-c6ncc(/C=C7\SC(=S)NC7=O)s6)s5)s4)sc23)s1. The van der Waals surface area contributed by atoms with E-state index in [0.29, 0.717) is 30.3 Å². The number of amides is 2. The van der Waals surface area contributed by atoms with Crippen molar-refractivity contribution >= 4 is 214 Å². The summed E-state index contributed by atoms with van der Waals surface area (Å²) in [7, 11) is 1.72. The van der Waals surface area contributed by atoms with Gasteiger partial charge in [-0.05, 0) is 110 Å². The summed E-state index contributed by atoms with van der Waals surface area (Å²) in [5.74, 6) is 1.08. The van der Waals surface area contributed by atoms with Gasteiger partial charge in [0.2, 0.25) is 0 Å². The van der Waals surface area contributed by atoms with Crippen LogP contribution in [0.2, 0.25) is 0 Å². The lowest BCUT2D eigenvalue weighted by Gasteiger charge is -2.13. The average molecular weight is 1380 g/mol. The molecule has 0 bridgehead atoms. The Morgan fingerprint density at radius 1 is 0.506 bits per heavy atom. The molecule has 2 aliphatic rings. The number of carbonyl (C=O) groups is 2. The zero-order valence-corrected chi connectivity index (χ0v) is 58.2. The third-order valence-corrected chi connectivity index (χ3v) is 29.4. The lowest BCUT2D eigenvalue weighted by Crippen LogP contribution is -2.22. The molecule has 11 aromatic rings. The lowest BCUT2D eigenvalue weighted by atomic mass is 9.95. The minimum atomic E-state index is -0.160. The molecule has 2 saturated heterocycles. The Bertz CT molecular complexity index is 4290. The average Bonchev–Trinajstić information content (AvgIpc) is 1.71. The summed E-state index contributed by atoms with van der Waals surface area (Å²) < 4.78 is 3.42. The highest BCUT2D eigenvalue weighted by Crippen LogP contribution is 2.54. The number of hydrogen-bond acceptors (Lipinski definition) is 20. The second kappa shape index (κ2) is 26.1. The first-order chi connectivity index (χ1) is 41.4. The highest BCUT2D eigenvalue weighted by atomic mass is 32.2. The molecule has 0 saturated carbocycles. The van der Waals surface area contributed by atoms with Crippen molar-refractivity contribution in [2.75, 3.05) is 7.05 Å². The number of carbonyl (C=O) groups excluding carboxylic acids is 2. The van der Waals surface area contributed by atoms with Gasteiger partial charge in [-0.2, -0.15) is 0 Å². The molecule has 0 spiro atoms. The molecule has 2 atom stereocenters. The van der Waals surface area contributed by atoms with Gasteiger partial charge in [0.25, 0.3) is 11.8 Å². The van der Waals surface area contributed by atoms with E-state index >= 15 is 0 Å². The maximum atomic E-state index is 12.7. The maximum absolute atomic E-state index is 12.7. The van der Waals surface area contributed by atoms with E-state index in [-0.39, 0.29) is 11.8 Å². The number of aromatic nitrogens is 4. The van der Waals surface area contributed by atoms with Crippen LogP contribution in [0.15, 0.2) is 95.0 Å². The van der Waals surface area contributed by atoms with E-state index in [2.05, 4.69) is 106 Å². The molecule has 2 amide bonds. The molecular formula is C63H54N6O2S14. The van der Waals surface area contributed by atoms with Crippen LogP contribution < -0.4 is 5.32 Å². The van der Waals surface area contributed by atoms with E-state index in [9.17, 15) is 9.59 Å². The van der Waals surface area contributed by atoms with E-state index < -0.39 is 0 Å². The highest BCUT2D eigenvalue weighted by molar-refractivity contribution is 8.27. The van der Waals surface area contributed by atoms with Gasteiger partial charge >= 0.3 is 0 Å². The van der Waals surface area contributed by atoms with Crippen LogP contribution in [0.4, 0.5) is 0 Å². The summed E-state index contributed by atoms with van der Waals surface area (Å²) >= 11 is 30.9. The van der Waals surface area contributed by atoms with Crippen LogP contribution in [0.25, 0.3) is 113 Å². The molecule has 13 rings (SSSR count). The molecule has 10 aromatic heterocycles. The Kier molecular flexibility index (Phi) is 18.3. The molecule has 1 N–H and O–H groups in total. The van der Waals surface area contributed by atoms with E-state index in [1.807, 2.05) is 69.9 Å². The summed E-state index contributed by atoms with van der Waals surface area (Å²) in [6, 6.07) is 27.2. The number of thioether (sulfide) groups is 2. The van der Waals surface area contributed by atoms with Crippen LogP contribution >= 0.6 is 161 Å². The number of thiocarbonyl (C=S) groups is 2. The molecule has 8 nitrogen and oxygen atoms in total. The fourth-order valence-electron chi connectivity index (χ4n) is 10.4. The Morgan fingerprint density at radius 3 is 1.33 bits per heavy atom. The Morgan fingerprint density at radius 2 is 0.929 bits per heavy atom. The Labute approximate surface area is 553 Å². The van der Waals surface area contributed by atoms with Crippen molar-refractivity contribution in [3.8, 4) is 79.9 Å². The molecule has 2 fully saturated rings. The van der Waals surface area contributed by atoms with Gasteiger partial charge in [0.15, 0.2) is 0 Å². The number of unbranched alkanes of at least 4 members (excludes halogenated alkanes) is 2. The van der Waals surface area contributed by atoms with Crippen molar-refractivity contribution in [3.63, 3.8) is 0 Å². The first-order valence-electron chi connectivity index (χ1n) is 28.1. The van der Waals surface area contributed by atoms with Gasteiger partial charge in [0.1, 0.15) is 28.7 Å². The molecule has 85 heavy (non-hydrogen) atoms. The number of fused-ring (bicyclic) bond motifs is 2. The number of nitrogens with zero attached hydrogens (tertiary/aromatic N) is 5. The number of nitrogens with one attached hydrogen (secondary N) is 1. The van der Waals surface area contributed by atoms with Crippen LogP contribution in [0, 0.1) is 11.8 Å². The second-order valence-electron chi connectivity index (χ2n) is 20.8. The zero-order chi connectivity index (χ0) is 58.5. The fraction of sp³-hybridized carbons (Fsp3) is 0.270. The van der Waals surface area contributed by atoms with Gasteiger partial charge in [-0.1, -0.05) is 127 Å². The van der Waals surface area contributed by atoms with E-state index in [4.69, 9.17) is 44.4 Å². The predicted molar refractivity (Wildman–Crippen MR) is 386 cm³/mol. The largest absolute Gasteiger partial charge is 0.307 e. The Balaban J connectivity index is 0.888. The van der Waals surface area contributed by atoms with Crippen LogP contribution in [0.1, 0.15) is 98.6 Å². The van der Waals surface area contributed by atoms with E-state index in [1.165, 1.54) is 139 Å². The first-order valence-corrected chi connectivity index (χ1v) is 38.8. The van der Waals surface area contributed by atoms with Crippen molar-refractivity contribution in [1.29, 1.82) is 0 Å². The molecule has 0 radical (unpaired) electrons. The minimum absolute atomic E-state index is 0.0718. The van der Waals surface area contributed by atoms with Gasteiger partial charge in [0, 0.05) is 79.3 Å². The number of thiophene rings is 6. The van der Waals surface area contributed by atoms with Crippen LogP contribution in [0.3, 0.4) is 0 Å². The number of likely N-dealkylation sites (N-methyl/N-ethyl adjacent to an activating group) is 1. The molecule has 2 unspecified atom stereocenters. The van der Waals surface area contributed by atoms with Gasteiger partial charge in [-0.15, -0.1) is 113 Å². The molecule has 2 aliphatic heterocycles. The molecule has 1 aromatic carbocycles. The summed E-state index contributed by atoms with van der Waals surface area (Å²) in [6.45, 7) is 9.29. The number of benzene rings is 1. The van der Waals surface area contributed by atoms with Crippen molar-refractivity contribution < 1.29 is 9.59 Å². The number of thiazole rings is 4. The number of hydrogen-bond donors (Lipinski definition) is 1. The topological polar surface area (TPSA) is 101 Å². The molecule has 432 valence electrons. The third-order valence-electron chi connectivity index (χ3n) is 15.0. The van der Waals surface area contributed by atoms with Crippen molar-refractivity contribution in [1.82, 2.24) is 30.2 Å². The smallest absolute Gasteiger partial charge is 0.265 e. The molecule has 22 heteroatoms. The quantitative estimate of drug-likeness (QED) is 0.0521. The van der Waals surface area contributed by atoms with E-state index in [0.717, 1.165) is 73.2 Å².